The van der Waals surface area contributed by atoms with Crippen molar-refractivity contribution in [1.82, 2.24) is 10.3 Å². The molecule has 0 saturated heterocycles. The maximum Gasteiger partial charge on any atom is 0.306 e. The van der Waals surface area contributed by atoms with Crippen molar-refractivity contribution in [2.45, 2.75) is 66.5 Å². The van der Waals surface area contributed by atoms with E-state index < -0.39 is 0 Å². The van der Waals surface area contributed by atoms with Crippen LogP contribution in [0.15, 0.2) is 6.07 Å². The standard InChI is InChI=1S/C22H33N3O3/c1-13(2)16-8-14-7-15(9-19(26)28-6)21(27)25(12-22(3,4)5)11-18(14)17-10-23-24-20(16)17/h8,13,15,23-24H,7,9-12H2,1-6H3/t15-/m0/s1. The Labute approximate surface area is 168 Å². The lowest BCUT2D eigenvalue weighted by molar-refractivity contribution is -0.147. The maximum atomic E-state index is 13.3. The molecule has 3 rings (SSSR count). The number of carbonyl (C=O) groups excluding carboxylic acids is 2. The Kier molecular flexibility index (Phi) is 5.71. The zero-order valence-corrected chi connectivity index (χ0v) is 17.9. The lowest BCUT2D eigenvalue weighted by Gasteiger charge is -2.31. The van der Waals surface area contributed by atoms with Crippen molar-refractivity contribution in [2.75, 3.05) is 19.1 Å². The number of methoxy groups -OCH3 is 1. The Morgan fingerprint density at radius 2 is 2.04 bits per heavy atom. The number of nitrogens with zero attached hydrogens (tertiary/aromatic N) is 1. The molecule has 0 unspecified atom stereocenters. The monoisotopic (exact) mass is 387 g/mol. The summed E-state index contributed by atoms with van der Waals surface area (Å²) in [6, 6.07) is 2.23. The molecule has 1 atom stereocenters. The van der Waals surface area contributed by atoms with Gasteiger partial charge in [0, 0.05) is 19.6 Å². The number of carbonyl (C=O) groups is 2. The highest BCUT2D eigenvalue weighted by Crippen LogP contribution is 2.39. The van der Waals surface area contributed by atoms with Crippen molar-refractivity contribution in [1.29, 1.82) is 0 Å². The second kappa shape index (κ2) is 7.74. The average Bonchev–Trinajstić information content (AvgIpc) is 3.05. The first kappa shape index (κ1) is 20.6. The first-order valence-corrected chi connectivity index (χ1v) is 10.1. The fraction of sp³-hybridized carbons (Fsp3) is 0.636. The largest absolute Gasteiger partial charge is 0.469 e. The Morgan fingerprint density at radius 1 is 1.32 bits per heavy atom. The minimum absolute atomic E-state index is 0.0203. The summed E-state index contributed by atoms with van der Waals surface area (Å²) in [6.07, 6.45) is 0.705. The Balaban J connectivity index is 2.08. The number of rotatable bonds is 4. The van der Waals surface area contributed by atoms with Crippen LogP contribution in [0.4, 0.5) is 5.69 Å². The predicted octanol–water partition coefficient (Wildman–Crippen LogP) is 3.35. The van der Waals surface area contributed by atoms with Crippen LogP contribution < -0.4 is 10.9 Å². The van der Waals surface area contributed by atoms with Gasteiger partial charge in [-0.25, -0.2) is 5.43 Å². The molecule has 6 heteroatoms. The third kappa shape index (κ3) is 4.17. The molecule has 2 N–H and O–H groups in total. The van der Waals surface area contributed by atoms with Gasteiger partial charge in [-0.15, -0.1) is 0 Å². The molecule has 6 nitrogen and oxygen atoms in total. The summed E-state index contributed by atoms with van der Waals surface area (Å²) in [5.41, 5.74) is 12.6. The van der Waals surface area contributed by atoms with E-state index >= 15 is 0 Å². The van der Waals surface area contributed by atoms with Gasteiger partial charge in [0.05, 0.1) is 25.1 Å². The van der Waals surface area contributed by atoms with Crippen molar-refractivity contribution in [3.63, 3.8) is 0 Å². The average molecular weight is 388 g/mol. The van der Waals surface area contributed by atoms with E-state index in [-0.39, 0.29) is 29.6 Å². The van der Waals surface area contributed by atoms with E-state index in [0.29, 0.717) is 25.4 Å². The van der Waals surface area contributed by atoms with Crippen molar-refractivity contribution in [3.8, 4) is 0 Å². The Bertz CT molecular complexity index is 780. The topological polar surface area (TPSA) is 70.7 Å². The van der Waals surface area contributed by atoms with Gasteiger partial charge in [-0.3, -0.25) is 9.59 Å². The lowest BCUT2D eigenvalue weighted by Crippen LogP contribution is -2.40. The number of ether oxygens (including phenoxy) is 1. The normalized spacial score (nSPS) is 19.2. The molecule has 2 aliphatic heterocycles. The van der Waals surface area contributed by atoms with Crippen molar-refractivity contribution in [3.05, 3.63) is 28.3 Å². The zero-order chi connectivity index (χ0) is 20.6. The molecule has 0 radical (unpaired) electrons. The number of hydrogen-bond acceptors (Lipinski definition) is 5. The molecule has 2 aliphatic rings. The Morgan fingerprint density at radius 3 is 2.64 bits per heavy atom. The van der Waals surface area contributed by atoms with Crippen molar-refractivity contribution < 1.29 is 14.3 Å². The van der Waals surface area contributed by atoms with Crippen LogP contribution in [-0.2, 0) is 33.8 Å². The fourth-order valence-electron chi connectivity index (χ4n) is 4.29. The molecular formula is C22H33N3O3. The molecule has 0 bridgehead atoms. The number of nitrogens with one attached hydrogen (secondary N) is 2. The van der Waals surface area contributed by atoms with Crippen LogP contribution in [0.2, 0.25) is 0 Å². The molecule has 154 valence electrons. The summed E-state index contributed by atoms with van der Waals surface area (Å²) in [5, 5.41) is 0. The molecule has 0 aliphatic carbocycles. The van der Waals surface area contributed by atoms with Crippen LogP contribution >= 0.6 is 0 Å². The third-order valence-corrected chi connectivity index (χ3v) is 5.55. The maximum absolute atomic E-state index is 13.3. The van der Waals surface area contributed by atoms with Gasteiger partial charge in [0.2, 0.25) is 5.91 Å². The number of fused-ring (bicyclic) bond motifs is 3. The van der Waals surface area contributed by atoms with E-state index in [4.69, 9.17) is 4.74 Å². The van der Waals surface area contributed by atoms with Gasteiger partial charge in [-0.2, -0.15) is 0 Å². The van der Waals surface area contributed by atoms with Crippen LogP contribution in [0.5, 0.6) is 0 Å². The van der Waals surface area contributed by atoms with Crippen LogP contribution in [0, 0.1) is 11.3 Å². The fourth-order valence-corrected chi connectivity index (χ4v) is 4.29. The quantitative estimate of drug-likeness (QED) is 0.776. The highest BCUT2D eigenvalue weighted by molar-refractivity contribution is 5.85. The van der Waals surface area contributed by atoms with E-state index in [1.54, 1.807) is 0 Å². The summed E-state index contributed by atoms with van der Waals surface area (Å²) in [4.78, 5) is 27.3. The minimum atomic E-state index is -0.378. The van der Waals surface area contributed by atoms with Crippen molar-refractivity contribution >= 4 is 17.6 Å². The van der Waals surface area contributed by atoms with Gasteiger partial charge in [-0.1, -0.05) is 40.7 Å². The third-order valence-electron chi connectivity index (χ3n) is 5.55. The summed E-state index contributed by atoms with van der Waals surface area (Å²) in [7, 11) is 1.38. The second-order valence-electron chi connectivity index (χ2n) is 9.53. The predicted molar refractivity (Wildman–Crippen MR) is 110 cm³/mol. The van der Waals surface area contributed by atoms with Gasteiger partial charge in [0.15, 0.2) is 0 Å². The van der Waals surface area contributed by atoms with Gasteiger partial charge in [-0.05, 0) is 40.0 Å². The van der Waals surface area contributed by atoms with Crippen LogP contribution in [0.3, 0.4) is 0 Å². The molecule has 2 heterocycles. The molecule has 0 aromatic heterocycles. The SMILES string of the molecule is COC(=O)C[C@@H]1Cc2cc(C(C)C)c3c(c2CN(CC(C)(C)C)C1=O)CNN3. The molecule has 1 amide bonds. The summed E-state index contributed by atoms with van der Waals surface area (Å²) in [6.45, 7) is 12.8. The molecule has 0 saturated carbocycles. The molecule has 1 aromatic rings. The molecule has 0 spiro atoms. The van der Waals surface area contributed by atoms with Crippen LogP contribution in [-0.4, -0.2) is 30.4 Å². The highest BCUT2D eigenvalue weighted by Gasteiger charge is 2.35. The zero-order valence-electron chi connectivity index (χ0n) is 17.9. The van der Waals surface area contributed by atoms with Gasteiger partial charge in [0.25, 0.3) is 0 Å². The number of hydrogen-bond donors (Lipinski definition) is 2. The number of hydrazine groups is 1. The summed E-state index contributed by atoms with van der Waals surface area (Å²) >= 11 is 0. The van der Waals surface area contributed by atoms with Gasteiger partial charge >= 0.3 is 5.97 Å². The number of esters is 1. The highest BCUT2D eigenvalue weighted by atomic mass is 16.5. The number of amides is 1. The van der Waals surface area contributed by atoms with Gasteiger partial charge < -0.3 is 15.1 Å². The first-order valence-electron chi connectivity index (χ1n) is 10.1. The Hall–Kier alpha value is -2.08. The lowest BCUT2D eigenvalue weighted by atomic mass is 9.87. The molecule has 0 fully saturated rings. The smallest absolute Gasteiger partial charge is 0.306 e. The van der Waals surface area contributed by atoms with Crippen LogP contribution in [0.1, 0.15) is 69.2 Å². The van der Waals surface area contributed by atoms with E-state index in [2.05, 4.69) is 51.5 Å². The van der Waals surface area contributed by atoms with E-state index in [0.717, 1.165) is 12.2 Å². The molecule has 28 heavy (non-hydrogen) atoms. The van der Waals surface area contributed by atoms with E-state index in [1.807, 2.05) is 4.90 Å². The first-order chi connectivity index (χ1) is 13.1. The number of benzene rings is 1. The van der Waals surface area contributed by atoms with E-state index in [9.17, 15) is 9.59 Å². The minimum Gasteiger partial charge on any atom is -0.469 e. The summed E-state index contributed by atoms with van der Waals surface area (Å²) in [5.74, 6) is -0.284. The summed E-state index contributed by atoms with van der Waals surface area (Å²) < 4.78 is 4.87. The van der Waals surface area contributed by atoms with Crippen molar-refractivity contribution in [2.24, 2.45) is 11.3 Å². The molecular weight excluding hydrogens is 354 g/mol. The molecule has 1 aromatic carbocycles. The number of anilines is 1. The van der Waals surface area contributed by atoms with E-state index in [1.165, 1.54) is 29.4 Å². The van der Waals surface area contributed by atoms with Crippen LogP contribution in [0.25, 0.3) is 0 Å². The van der Waals surface area contributed by atoms with Gasteiger partial charge in [0.1, 0.15) is 0 Å². The second-order valence-corrected chi connectivity index (χ2v) is 9.53.